The lowest BCUT2D eigenvalue weighted by Crippen LogP contribution is -2.31. The Morgan fingerprint density at radius 1 is 1.30 bits per heavy atom. The minimum Gasteiger partial charge on any atom is -0.356 e. The van der Waals surface area contributed by atoms with Gasteiger partial charge in [0.15, 0.2) is 0 Å². The number of fused-ring (bicyclic) bond motifs is 1. The number of thiazole rings is 1. The molecule has 2 aromatic heterocycles. The second-order valence-electron chi connectivity index (χ2n) is 4.16. The van der Waals surface area contributed by atoms with Crippen molar-refractivity contribution in [1.82, 2.24) is 4.40 Å². The van der Waals surface area contributed by atoms with Gasteiger partial charge in [0.25, 0.3) is 0 Å². The summed E-state index contributed by atoms with van der Waals surface area (Å²) in [7, 11) is 0. The van der Waals surface area contributed by atoms with Crippen LogP contribution in [0.3, 0.4) is 0 Å². The van der Waals surface area contributed by atoms with Crippen LogP contribution < -0.4 is 4.57 Å². The average Bonchev–Trinajstić information content (AvgIpc) is 2.95. The van der Waals surface area contributed by atoms with Crippen molar-refractivity contribution in [2.24, 2.45) is 0 Å². The molecule has 0 bridgehead atoms. The quantitative estimate of drug-likeness (QED) is 0.413. The molecule has 0 unspecified atom stereocenters. The van der Waals surface area contributed by atoms with E-state index in [0.29, 0.717) is 0 Å². The van der Waals surface area contributed by atoms with Gasteiger partial charge in [-0.05, 0) is 12.5 Å². The van der Waals surface area contributed by atoms with Crippen molar-refractivity contribution in [3.8, 4) is 0 Å². The van der Waals surface area contributed by atoms with Crippen molar-refractivity contribution in [1.29, 1.82) is 0 Å². The van der Waals surface area contributed by atoms with Crippen LogP contribution >= 0.6 is 11.3 Å². The molecule has 104 valence electrons. The maximum Gasteiger partial charge on any atom is 0.346 e. The molecular formula is C13H13N3O3S. The molecule has 0 aliphatic heterocycles. The molecule has 0 aliphatic carbocycles. The summed E-state index contributed by atoms with van der Waals surface area (Å²) in [5, 5.41) is 16.9. The number of rotatable bonds is 2. The van der Waals surface area contributed by atoms with Crippen LogP contribution in [0, 0.1) is 22.2 Å². The monoisotopic (exact) mass is 291 g/mol. The van der Waals surface area contributed by atoms with Gasteiger partial charge in [0.2, 0.25) is 0 Å². The molecule has 0 amide bonds. The molecule has 0 fully saturated rings. The molecule has 0 N–H and O–H groups in total. The van der Waals surface area contributed by atoms with Gasteiger partial charge in [-0.1, -0.05) is 41.7 Å². The number of hydrogen-bond donors (Lipinski definition) is 0. The fourth-order valence-electron chi connectivity index (χ4n) is 1.90. The lowest BCUT2D eigenvalue weighted by atomic mass is 10.2. The summed E-state index contributed by atoms with van der Waals surface area (Å²) < 4.78 is 4.51. The van der Waals surface area contributed by atoms with Crippen molar-refractivity contribution in [2.75, 3.05) is 0 Å². The molecule has 0 saturated heterocycles. The summed E-state index contributed by atoms with van der Waals surface area (Å²) in [6.07, 6.45) is 4.27. The van der Waals surface area contributed by atoms with Crippen LogP contribution in [0.25, 0.3) is 4.96 Å². The summed E-state index contributed by atoms with van der Waals surface area (Å²) in [6.45, 7) is 3.08. The highest BCUT2D eigenvalue weighted by atomic mass is 32.1. The second kappa shape index (κ2) is 6.16. The topological polar surface area (TPSA) is 74.5 Å². The third-order valence-electron chi connectivity index (χ3n) is 2.76. The molecule has 3 aromatic rings. The fourth-order valence-corrected chi connectivity index (χ4v) is 2.87. The van der Waals surface area contributed by atoms with Crippen LogP contribution in [-0.2, 0) is 6.54 Å². The molecular weight excluding hydrogens is 278 g/mol. The highest BCUT2D eigenvalue weighted by molar-refractivity contribution is 7.14. The summed E-state index contributed by atoms with van der Waals surface area (Å²) in [4.78, 5) is 9.54. The first kappa shape index (κ1) is 14.0. The lowest BCUT2D eigenvalue weighted by Gasteiger charge is -1.96. The third kappa shape index (κ3) is 3.33. The van der Waals surface area contributed by atoms with Crippen molar-refractivity contribution >= 4 is 16.3 Å². The van der Waals surface area contributed by atoms with Crippen LogP contribution in [0.5, 0.6) is 0 Å². The van der Waals surface area contributed by atoms with Gasteiger partial charge in [0.05, 0.1) is 5.09 Å². The van der Waals surface area contributed by atoms with Crippen LogP contribution in [0.1, 0.15) is 11.3 Å². The van der Waals surface area contributed by atoms with E-state index in [4.69, 9.17) is 15.3 Å². The third-order valence-corrected chi connectivity index (χ3v) is 3.86. The van der Waals surface area contributed by atoms with E-state index in [-0.39, 0.29) is 0 Å². The molecule has 6 nitrogen and oxygen atoms in total. The molecule has 0 atom stereocenters. The molecule has 1 aromatic carbocycles. The number of aryl methyl sites for hydroxylation is 1. The highest BCUT2D eigenvalue weighted by Crippen LogP contribution is 2.12. The number of aromatic nitrogens is 2. The smallest absolute Gasteiger partial charge is 0.346 e. The maximum absolute atomic E-state index is 8.25. The summed E-state index contributed by atoms with van der Waals surface area (Å²) >= 11 is 1.79. The zero-order chi connectivity index (χ0) is 14.5. The molecule has 0 spiro atoms. The number of imidazole rings is 1. The number of nitrogens with zero attached hydrogens (tertiary/aromatic N) is 3. The van der Waals surface area contributed by atoms with E-state index < -0.39 is 5.09 Å². The van der Waals surface area contributed by atoms with E-state index in [0.717, 1.165) is 6.54 Å². The molecule has 0 radical (unpaired) electrons. The maximum atomic E-state index is 8.25. The first-order valence-corrected chi connectivity index (χ1v) is 6.76. The molecule has 7 heteroatoms. The van der Waals surface area contributed by atoms with Crippen molar-refractivity contribution in [2.45, 2.75) is 13.5 Å². The van der Waals surface area contributed by atoms with Gasteiger partial charge in [0, 0.05) is 5.38 Å². The molecule has 2 heterocycles. The first-order valence-electron chi connectivity index (χ1n) is 5.88. The molecule has 20 heavy (non-hydrogen) atoms. The molecule has 3 rings (SSSR count). The van der Waals surface area contributed by atoms with Crippen molar-refractivity contribution in [3.63, 3.8) is 0 Å². The average molecular weight is 291 g/mol. The first-order chi connectivity index (χ1) is 9.58. The predicted octanol–water partition coefficient (Wildman–Crippen LogP) is 2.41. The Kier molecular flexibility index (Phi) is 4.31. The lowest BCUT2D eigenvalue weighted by molar-refractivity contribution is -0.659. The number of hydrogen-bond acceptors (Lipinski definition) is 4. The fraction of sp³-hybridized carbons (Fsp3) is 0.154. The van der Waals surface area contributed by atoms with Crippen LogP contribution in [0.2, 0.25) is 0 Å². The Bertz CT molecular complexity index is 702. The van der Waals surface area contributed by atoms with Crippen molar-refractivity contribution < 1.29 is 9.65 Å². The van der Waals surface area contributed by atoms with Crippen LogP contribution in [-0.4, -0.2) is 9.49 Å². The number of benzene rings is 1. The van der Waals surface area contributed by atoms with Gasteiger partial charge in [-0.2, -0.15) is 4.40 Å². The normalized spacial score (nSPS) is 10.1. The minimum absolute atomic E-state index is 0.942. The summed E-state index contributed by atoms with van der Waals surface area (Å²) in [5.74, 6) is 0. The van der Waals surface area contributed by atoms with E-state index in [2.05, 4.69) is 64.0 Å². The molecule has 0 saturated carbocycles. The Labute approximate surface area is 119 Å². The van der Waals surface area contributed by atoms with E-state index >= 15 is 0 Å². The Morgan fingerprint density at radius 3 is 2.60 bits per heavy atom. The minimum atomic E-state index is -1.75. The zero-order valence-electron chi connectivity index (χ0n) is 10.8. The van der Waals surface area contributed by atoms with E-state index in [1.54, 1.807) is 11.3 Å². The predicted molar refractivity (Wildman–Crippen MR) is 76.1 cm³/mol. The van der Waals surface area contributed by atoms with Crippen LogP contribution in [0.15, 0.2) is 48.1 Å². The van der Waals surface area contributed by atoms with Gasteiger partial charge in [-0.25, -0.2) is 4.57 Å². The summed E-state index contributed by atoms with van der Waals surface area (Å²) in [6, 6.07) is 10.6. The van der Waals surface area contributed by atoms with Gasteiger partial charge in [0.1, 0.15) is 24.6 Å². The van der Waals surface area contributed by atoms with Gasteiger partial charge in [-0.15, -0.1) is 0 Å². The molecule has 0 aliphatic rings. The van der Waals surface area contributed by atoms with E-state index in [9.17, 15) is 0 Å². The Hall–Kier alpha value is -2.41. The van der Waals surface area contributed by atoms with Gasteiger partial charge < -0.3 is 15.3 Å². The standard InChI is InChI=1S/C13H13N2S.NO3/c1-11-10-16-13-14(7-8-15(11)13)9-12-5-3-2-4-6-12;2-1(3)4/h2-8,10H,9H2,1H3;/q+1;-1. The SMILES string of the molecule is Cc1csc2n1cc[n+]2Cc1ccccc1.O=[N+]([O-])[O-]. The van der Waals surface area contributed by atoms with E-state index in [1.165, 1.54) is 16.2 Å². The van der Waals surface area contributed by atoms with Gasteiger partial charge in [-0.3, -0.25) is 0 Å². The largest absolute Gasteiger partial charge is 0.356 e. The Morgan fingerprint density at radius 2 is 1.95 bits per heavy atom. The Balaban J connectivity index is 0.000000328. The van der Waals surface area contributed by atoms with Gasteiger partial charge >= 0.3 is 4.96 Å². The van der Waals surface area contributed by atoms with Crippen molar-refractivity contribution in [3.05, 3.63) is 74.7 Å². The second-order valence-corrected chi connectivity index (χ2v) is 5.00. The summed E-state index contributed by atoms with van der Waals surface area (Å²) in [5.41, 5.74) is 2.64. The zero-order valence-corrected chi connectivity index (χ0v) is 11.6. The van der Waals surface area contributed by atoms with Crippen LogP contribution in [0.4, 0.5) is 0 Å². The van der Waals surface area contributed by atoms with E-state index in [1.807, 2.05) is 0 Å². The highest BCUT2D eigenvalue weighted by Gasteiger charge is 2.13.